The highest BCUT2D eigenvalue weighted by Crippen LogP contribution is 2.21. The van der Waals surface area contributed by atoms with Gasteiger partial charge in [-0.1, -0.05) is 41.0 Å². The van der Waals surface area contributed by atoms with E-state index >= 15 is 0 Å². The smallest absolute Gasteiger partial charge is 0.00904 e. The second kappa shape index (κ2) is 6.42. The topological polar surface area (TPSA) is 26.0 Å². The van der Waals surface area contributed by atoms with E-state index in [1.807, 2.05) is 0 Å². The van der Waals surface area contributed by atoms with Crippen LogP contribution in [0.15, 0.2) is 0 Å². The van der Waals surface area contributed by atoms with Crippen LogP contribution in [0.3, 0.4) is 0 Å². The van der Waals surface area contributed by atoms with Gasteiger partial charge in [0, 0.05) is 6.04 Å². The molecule has 13 heavy (non-hydrogen) atoms. The summed E-state index contributed by atoms with van der Waals surface area (Å²) in [5.74, 6) is 2.12. The summed E-state index contributed by atoms with van der Waals surface area (Å²) < 4.78 is 0. The predicted octanol–water partition coefficient (Wildman–Crippen LogP) is 3.43. The summed E-state index contributed by atoms with van der Waals surface area (Å²) >= 11 is 0. The molecular formula is C12H27N. The Hall–Kier alpha value is -0.0400. The van der Waals surface area contributed by atoms with Gasteiger partial charge in [-0.15, -0.1) is 0 Å². The van der Waals surface area contributed by atoms with E-state index in [2.05, 4.69) is 34.6 Å². The summed E-state index contributed by atoms with van der Waals surface area (Å²) in [5.41, 5.74) is 6.20. The molecule has 0 heterocycles. The molecule has 2 unspecified atom stereocenters. The van der Waals surface area contributed by atoms with Crippen LogP contribution in [0.5, 0.6) is 0 Å². The minimum atomic E-state index is 0.391. The molecule has 0 rings (SSSR count). The van der Waals surface area contributed by atoms with E-state index in [4.69, 9.17) is 5.73 Å². The number of hydrogen-bond acceptors (Lipinski definition) is 1. The van der Waals surface area contributed by atoms with Crippen LogP contribution in [0, 0.1) is 17.8 Å². The van der Waals surface area contributed by atoms with Crippen molar-refractivity contribution in [2.24, 2.45) is 23.5 Å². The molecule has 0 aromatic carbocycles. The molecule has 2 N–H and O–H groups in total. The van der Waals surface area contributed by atoms with Gasteiger partial charge in [0.2, 0.25) is 0 Å². The molecule has 0 radical (unpaired) electrons. The third kappa shape index (κ3) is 5.30. The molecule has 0 saturated heterocycles. The SMILES string of the molecule is CCCC(C)[C@@H](N)C(C)CC(C)C. The Kier molecular flexibility index (Phi) is 6.40. The molecule has 0 amide bonds. The lowest BCUT2D eigenvalue weighted by Gasteiger charge is -2.27. The molecule has 0 aromatic rings. The first-order chi connectivity index (χ1) is 5.99. The van der Waals surface area contributed by atoms with E-state index in [9.17, 15) is 0 Å². The van der Waals surface area contributed by atoms with Crippen LogP contribution in [0.2, 0.25) is 0 Å². The summed E-state index contributed by atoms with van der Waals surface area (Å²) in [6.07, 6.45) is 3.78. The normalized spacial score (nSPS) is 18.7. The summed E-state index contributed by atoms with van der Waals surface area (Å²) in [6, 6.07) is 0.391. The maximum atomic E-state index is 6.20. The summed E-state index contributed by atoms with van der Waals surface area (Å²) in [6.45, 7) is 11.3. The Morgan fingerprint density at radius 3 is 1.92 bits per heavy atom. The van der Waals surface area contributed by atoms with Crippen LogP contribution >= 0.6 is 0 Å². The average molecular weight is 185 g/mol. The fraction of sp³-hybridized carbons (Fsp3) is 1.00. The Labute approximate surface area is 84.1 Å². The maximum Gasteiger partial charge on any atom is 0.00904 e. The fourth-order valence-corrected chi connectivity index (χ4v) is 2.11. The molecule has 1 nitrogen and oxygen atoms in total. The molecule has 0 spiro atoms. The first kappa shape index (κ1) is 13.0. The molecule has 0 fully saturated rings. The average Bonchev–Trinajstić information content (AvgIpc) is 2.02. The fourth-order valence-electron chi connectivity index (χ4n) is 2.11. The zero-order valence-corrected chi connectivity index (χ0v) is 10.0. The van der Waals surface area contributed by atoms with E-state index in [1.165, 1.54) is 19.3 Å². The lowest BCUT2D eigenvalue weighted by atomic mass is 9.84. The van der Waals surface area contributed by atoms with Crippen LogP contribution in [0.25, 0.3) is 0 Å². The Balaban J connectivity index is 3.85. The van der Waals surface area contributed by atoms with Crippen molar-refractivity contribution in [2.75, 3.05) is 0 Å². The van der Waals surface area contributed by atoms with E-state index in [1.54, 1.807) is 0 Å². The van der Waals surface area contributed by atoms with E-state index in [-0.39, 0.29) is 0 Å². The van der Waals surface area contributed by atoms with Gasteiger partial charge in [0.05, 0.1) is 0 Å². The molecule has 0 bridgehead atoms. The molecule has 0 saturated carbocycles. The predicted molar refractivity (Wildman–Crippen MR) is 60.7 cm³/mol. The van der Waals surface area contributed by atoms with Crippen LogP contribution in [0.4, 0.5) is 0 Å². The highest BCUT2D eigenvalue weighted by Gasteiger charge is 2.19. The van der Waals surface area contributed by atoms with Gasteiger partial charge >= 0.3 is 0 Å². The highest BCUT2D eigenvalue weighted by molar-refractivity contribution is 4.75. The zero-order chi connectivity index (χ0) is 10.4. The van der Waals surface area contributed by atoms with Crippen molar-refractivity contribution in [3.63, 3.8) is 0 Å². The molecule has 80 valence electrons. The number of nitrogens with two attached hydrogens (primary N) is 1. The van der Waals surface area contributed by atoms with Gasteiger partial charge in [-0.25, -0.2) is 0 Å². The van der Waals surface area contributed by atoms with Crippen LogP contribution in [-0.4, -0.2) is 6.04 Å². The summed E-state index contributed by atoms with van der Waals surface area (Å²) in [4.78, 5) is 0. The van der Waals surface area contributed by atoms with E-state index < -0.39 is 0 Å². The Morgan fingerprint density at radius 2 is 1.54 bits per heavy atom. The standard InChI is InChI=1S/C12H27N/c1-6-7-10(4)12(13)11(5)8-9(2)3/h9-12H,6-8,13H2,1-5H3/t10?,11?,12-/m1/s1. The highest BCUT2D eigenvalue weighted by atomic mass is 14.7. The van der Waals surface area contributed by atoms with Crippen molar-refractivity contribution in [2.45, 2.75) is 59.9 Å². The van der Waals surface area contributed by atoms with Gasteiger partial charge in [-0.05, 0) is 30.6 Å². The second-order valence-corrected chi connectivity index (χ2v) is 4.95. The van der Waals surface area contributed by atoms with E-state index in [0.717, 1.165) is 5.92 Å². The lowest BCUT2D eigenvalue weighted by Crippen LogP contribution is -2.35. The lowest BCUT2D eigenvalue weighted by molar-refractivity contribution is 0.289. The third-order valence-electron chi connectivity index (χ3n) is 2.90. The van der Waals surface area contributed by atoms with Crippen molar-refractivity contribution in [3.8, 4) is 0 Å². The monoisotopic (exact) mass is 185 g/mol. The number of hydrogen-bond donors (Lipinski definition) is 1. The van der Waals surface area contributed by atoms with Gasteiger partial charge in [0.1, 0.15) is 0 Å². The quantitative estimate of drug-likeness (QED) is 0.674. The molecule has 1 heteroatoms. The Morgan fingerprint density at radius 1 is 1.00 bits per heavy atom. The van der Waals surface area contributed by atoms with Crippen molar-refractivity contribution >= 4 is 0 Å². The van der Waals surface area contributed by atoms with Crippen LogP contribution < -0.4 is 5.73 Å². The minimum Gasteiger partial charge on any atom is -0.327 e. The van der Waals surface area contributed by atoms with Gasteiger partial charge in [0.15, 0.2) is 0 Å². The molecular weight excluding hydrogens is 158 g/mol. The van der Waals surface area contributed by atoms with E-state index in [0.29, 0.717) is 17.9 Å². The molecule has 0 aromatic heterocycles. The van der Waals surface area contributed by atoms with Gasteiger partial charge in [0.25, 0.3) is 0 Å². The zero-order valence-electron chi connectivity index (χ0n) is 10.0. The number of rotatable bonds is 6. The largest absolute Gasteiger partial charge is 0.327 e. The van der Waals surface area contributed by atoms with Crippen molar-refractivity contribution < 1.29 is 0 Å². The van der Waals surface area contributed by atoms with Gasteiger partial charge in [-0.3, -0.25) is 0 Å². The Bertz CT molecular complexity index is 120. The first-order valence-electron chi connectivity index (χ1n) is 5.74. The first-order valence-corrected chi connectivity index (χ1v) is 5.74. The van der Waals surface area contributed by atoms with Gasteiger partial charge < -0.3 is 5.73 Å². The summed E-state index contributed by atoms with van der Waals surface area (Å²) in [7, 11) is 0. The second-order valence-electron chi connectivity index (χ2n) is 4.95. The molecule has 0 aliphatic heterocycles. The van der Waals surface area contributed by atoms with Crippen LogP contribution in [-0.2, 0) is 0 Å². The van der Waals surface area contributed by atoms with Gasteiger partial charge in [-0.2, -0.15) is 0 Å². The molecule has 3 atom stereocenters. The van der Waals surface area contributed by atoms with Crippen molar-refractivity contribution in [1.82, 2.24) is 0 Å². The summed E-state index contributed by atoms with van der Waals surface area (Å²) in [5, 5.41) is 0. The van der Waals surface area contributed by atoms with Crippen molar-refractivity contribution in [3.05, 3.63) is 0 Å². The minimum absolute atomic E-state index is 0.391. The third-order valence-corrected chi connectivity index (χ3v) is 2.90. The van der Waals surface area contributed by atoms with Crippen molar-refractivity contribution in [1.29, 1.82) is 0 Å². The molecule has 0 aliphatic carbocycles. The maximum absolute atomic E-state index is 6.20. The molecule has 0 aliphatic rings. The van der Waals surface area contributed by atoms with Crippen LogP contribution in [0.1, 0.15) is 53.9 Å².